The SMILES string of the molecule is CCCCCSCc1cccnc1. The minimum absolute atomic E-state index is 1.11. The fourth-order valence-electron chi connectivity index (χ4n) is 1.13. The Hall–Kier alpha value is -0.500. The largest absolute Gasteiger partial charge is 0.264 e. The summed E-state index contributed by atoms with van der Waals surface area (Å²) in [5.41, 5.74) is 1.34. The van der Waals surface area contributed by atoms with Gasteiger partial charge in [0.15, 0.2) is 0 Å². The van der Waals surface area contributed by atoms with Crippen molar-refractivity contribution in [1.82, 2.24) is 4.98 Å². The van der Waals surface area contributed by atoms with Gasteiger partial charge in [-0.15, -0.1) is 0 Å². The summed E-state index contributed by atoms with van der Waals surface area (Å²) in [6.07, 6.45) is 7.80. The highest BCUT2D eigenvalue weighted by Gasteiger charge is 1.92. The van der Waals surface area contributed by atoms with E-state index in [0.29, 0.717) is 0 Å². The van der Waals surface area contributed by atoms with Crippen LogP contribution in [0.25, 0.3) is 0 Å². The molecule has 72 valence electrons. The Balaban J connectivity index is 2.07. The van der Waals surface area contributed by atoms with E-state index in [4.69, 9.17) is 0 Å². The number of hydrogen-bond acceptors (Lipinski definition) is 2. The Bertz CT molecular complexity index is 211. The van der Waals surface area contributed by atoms with Crippen LogP contribution in [0, 0.1) is 0 Å². The second kappa shape index (κ2) is 6.96. The van der Waals surface area contributed by atoms with Crippen LogP contribution in [0.2, 0.25) is 0 Å². The van der Waals surface area contributed by atoms with Gasteiger partial charge in [0.1, 0.15) is 0 Å². The first-order chi connectivity index (χ1) is 6.43. The zero-order valence-corrected chi connectivity index (χ0v) is 9.02. The van der Waals surface area contributed by atoms with Gasteiger partial charge < -0.3 is 0 Å². The van der Waals surface area contributed by atoms with Gasteiger partial charge in [0.25, 0.3) is 0 Å². The van der Waals surface area contributed by atoms with E-state index in [9.17, 15) is 0 Å². The molecule has 1 rings (SSSR count). The Morgan fingerprint density at radius 3 is 3.00 bits per heavy atom. The maximum absolute atomic E-state index is 4.09. The van der Waals surface area contributed by atoms with Crippen molar-refractivity contribution in [2.45, 2.75) is 31.9 Å². The number of unbranched alkanes of at least 4 members (excludes halogenated alkanes) is 2. The molecule has 0 saturated carbocycles. The highest BCUT2D eigenvalue weighted by atomic mass is 32.2. The van der Waals surface area contributed by atoms with E-state index in [0.717, 1.165) is 5.75 Å². The maximum atomic E-state index is 4.09. The van der Waals surface area contributed by atoms with Gasteiger partial charge in [0, 0.05) is 18.1 Å². The van der Waals surface area contributed by atoms with E-state index < -0.39 is 0 Å². The van der Waals surface area contributed by atoms with Crippen LogP contribution in [0.5, 0.6) is 0 Å². The number of hydrogen-bond donors (Lipinski definition) is 0. The van der Waals surface area contributed by atoms with Crippen LogP contribution in [0.4, 0.5) is 0 Å². The molecule has 0 fully saturated rings. The van der Waals surface area contributed by atoms with E-state index in [1.54, 1.807) is 0 Å². The molecule has 1 aromatic rings. The topological polar surface area (TPSA) is 12.9 Å². The van der Waals surface area contributed by atoms with Crippen LogP contribution in [-0.2, 0) is 5.75 Å². The number of pyridine rings is 1. The average Bonchev–Trinajstić information content (AvgIpc) is 2.19. The monoisotopic (exact) mass is 195 g/mol. The highest BCUT2D eigenvalue weighted by molar-refractivity contribution is 7.98. The Kier molecular flexibility index (Phi) is 5.66. The molecule has 0 N–H and O–H groups in total. The molecule has 13 heavy (non-hydrogen) atoms. The summed E-state index contributed by atoms with van der Waals surface area (Å²) in [6, 6.07) is 4.14. The van der Waals surface area contributed by atoms with Crippen molar-refractivity contribution < 1.29 is 0 Å². The van der Waals surface area contributed by atoms with Crippen LogP contribution in [0.1, 0.15) is 31.7 Å². The van der Waals surface area contributed by atoms with E-state index in [2.05, 4.69) is 18.0 Å². The smallest absolute Gasteiger partial charge is 0.0308 e. The molecule has 0 unspecified atom stereocenters. The summed E-state index contributed by atoms with van der Waals surface area (Å²) in [4.78, 5) is 4.09. The van der Waals surface area contributed by atoms with Gasteiger partial charge in [-0.2, -0.15) is 11.8 Å². The van der Waals surface area contributed by atoms with Gasteiger partial charge in [0.2, 0.25) is 0 Å². The molecule has 1 heterocycles. The minimum atomic E-state index is 1.11. The van der Waals surface area contributed by atoms with E-state index >= 15 is 0 Å². The third kappa shape index (κ3) is 4.94. The lowest BCUT2D eigenvalue weighted by atomic mass is 10.3. The lowest BCUT2D eigenvalue weighted by Crippen LogP contribution is -1.84. The lowest BCUT2D eigenvalue weighted by Gasteiger charge is -2.00. The summed E-state index contributed by atoms with van der Waals surface area (Å²) < 4.78 is 0. The third-order valence-corrected chi connectivity index (χ3v) is 3.00. The predicted molar refractivity (Wildman–Crippen MR) is 59.9 cm³/mol. The van der Waals surface area contributed by atoms with Gasteiger partial charge >= 0.3 is 0 Å². The minimum Gasteiger partial charge on any atom is -0.264 e. The zero-order chi connectivity index (χ0) is 9.36. The van der Waals surface area contributed by atoms with Crippen LogP contribution in [0.3, 0.4) is 0 Å². The van der Waals surface area contributed by atoms with Gasteiger partial charge in [-0.25, -0.2) is 0 Å². The molecule has 1 nitrogen and oxygen atoms in total. The Labute approximate surface area is 85.0 Å². The molecule has 0 bridgehead atoms. The Morgan fingerprint density at radius 1 is 1.38 bits per heavy atom. The van der Waals surface area contributed by atoms with Crippen molar-refractivity contribution in [2.24, 2.45) is 0 Å². The van der Waals surface area contributed by atoms with Gasteiger partial charge in [0.05, 0.1) is 0 Å². The first-order valence-corrected chi connectivity index (χ1v) is 6.05. The van der Waals surface area contributed by atoms with Crippen molar-refractivity contribution >= 4 is 11.8 Å². The van der Waals surface area contributed by atoms with Crippen molar-refractivity contribution in [1.29, 1.82) is 0 Å². The van der Waals surface area contributed by atoms with E-state index in [-0.39, 0.29) is 0 Å². The van der Waals surface area contributed by atoms with Crippen molar-refractivity contribution in [3.05, 3.63) is 30.1 Å². The predicted octanol–water partition coefficient (Wildman–Crippen LogP) is 3.51. The van der Waals surface area contributed by atoms with Gasteiger partial charge in [-0.05, 0) is 23.8 Å². The lowest BCUT2D eigenvalue weighted by molar-refractivity contribution is 0.778. The number of nitrogens with zero attached hydrogens (tertiary/aromatic N) is 1. The van der Waals surface area contributed by atoms with Crippen LogP contribution in [0.15, 0.2) is 24.5 Å². The zero-order valence-electron chi connectivity index (χ0n) is 8.20. The van der Waals surface area contributed by atoms with Crippen molar-refractivity contribution in [3.63, 3.8) is 0 Å². The third-order valence-electron chi connectivity index (χ3n) is 1.88. The van der Waals surface area contributed by atoms with Crippen LogP contribution < -0.4 is 0 Å². The molecule has 0 aliphatic carbocycles. The van der Waals surface area contributed by atoms with Crippen molar-refractivity contribution in [2.75, 3.05) is 5.75 Å². The molecular weight excluding hydrogens is 178 g/mol. The molecule has 0 radical (unpaired) electrons. The molecule has 1 aromatic heterocycles. The molecular formula is C11H17NS. The number of rotatable bonds is 6. The molecule has 0 aliphatic rings. The normalized spacial score (nSPS) is 10.2. The average molecular weight is 195 g/mol. The standard InChI is InChI=1S/C11H17NS/c1-2-3-4-8-13-10-11-6-5-7-12-9-11/h5-7,9H,2-4,8,10H2,1H3. The van der Waals surface area contributed by atoms with Crippen LogP contribution >= 0.6 is 11.8 Å². The quantitative estimate of drug-likeness (QED) is 0.644. The molecule has 0 spiro atoms. The fourth-order valence-corrected chi connectivity index (χ4v) is 2.09. The van der Waals surface area contributed by atoms with Crippen LogP contribution in [-0.4, -0.2) is 10.7 Å². The second-order valence-electron chi connectivity index (χ2n) is 3.12. The van der Waals surface area contributed by atoms with E-state index in [1.165, 1.54) is 30.6 Å². The second-order valence-corrected chi connectivity index (χ2v) is 4.23. The first-order valence-electron chi connectivity index (χ1n) is 4.90. The Morgan fingerprint density at radius 2 is 2.31 bits per heavy atom. The summed E-state index contributed by atoms with van der Waals surface area (Å²) in [6.45, 7) is 2.24. The molecule has 0 aliphatic heterocycles. The number of aromatic nitrogens is 1. The molecule has 0 aromatic carbocycles. The fraction of sp³-hybridized carbons (Fsp3) is 0.545. The van der Waals surface area contributed by atoms with E-state index in [1.807, 2.05) is 30.2 Å². The summed E-state index contributed by atoms with van der Waals surface area (Å²) in [7, 11) is 0. The highest BCUT2D eigenvalue weighted by Crippen LogP contribution is 2.12. The summed E-state index contributed by atoms with van der Waals surface area (Å²) in [5.74, 6) is 2.39. The maximum Gasteiger partial charge on any atom is 0.0308 e. The van der Waals surface area contributed by atoms with Crippen molar-refractivity contribution in [3.8, 4) is 0 Å². The van der Waals surface area contributed by atoms with Gasteiger partial charge in [-0.1, -0.05) is 25.8 Å². The molecule has 0 atom stereocenters. The van der Waals surface area contributed by atoms with Gasteiger partial charge in [-0.3, -0.25) is 4.98 Å². The number of thioether (sulfide) groups is 1. The summed E-state index contributed by atoms with van der Waals surface area (Å²) in [5, 5.41) is 0. The first kappa shape index (κ1) is 10.6. The molecule has 2 heteroatoms. The molecule has 0 saturated heterocycles. The molecule has 0 amide bonds. The summed E-state index contributed by atoms with van der Waals surface area (Å²) >= 11 is 2.01.